The van der Waals surface area contributed by atoms with Crippen LogP contribution in [0.2, 0.25) is 0 Å². The van der Waals surface area contributed by atoms with E-state index < -0.39 is 11.6 Å². The molecule has 0 atom stereocenters. The summed E-state index contributed by atoms with van der Waals surface area (Å²) >= 11 is 2.97. The Morgan fingerprint density at radius 3 is 2.72 bits per heavy atom. The van der Waals surface area contributed by atoms with Crippen molar-refractivity contribution in [3.63, 3.8) is 0 Å². The van der Waals surface area contributed by atoms with Gasteiger partial charge in [-0.15, -0.1) is 0 Å². The van der Waals surface area contributed by atoms with Crippen LogP contribution in [-0.4, -0.2) is 30.4 Å². The van der Waals surface area contributed by atoms with Crippen LogP contribution in [0.25, 0.3) is 0 Å². The topological polar surface area (TPSA) is 32.3 Å². The summed E-state index contributed by atoms with van der Waals surface area (Å²) in [5.74, 6) is -1.48. The number of rotatable bonds is 4. The molecule has 1 saturated carbocycles. The number of halogens is 3. The zero-order valence-electron chi connectivity index (χ0n) is 9.84. The fourth-order valence-electron chi connectivity index (χ4n) is 1.62. The van der Waals surface area contributed by atoms with Crippen molar-refractivity contribution in [1.82, 2.24) is 4.90 Å². The maximum Gasteiger partial charge on any atom is 0.241 e. The molecule has 1 N–H and O–H groups in total. The first-order valence-corrected chi connectivity index (χ1v) is 6.42. The van der Waals surface area contributed by atoms with E-state index in [0.717, 1.165) is 18.9 Å². The second-order valence-electron chi connectivity index (χ2n) is 4.34. The molecule has 0 spiro atoms. The maximum atomic E-state index is 13.4. The lowest BCUT2D eigenvalue weighted by Crippen LogP contribution is -2.33. The van der Waals surface area contributed by atoms with E-state index in [1.807, 2.05) is 0 Å². The van der Waals surface area contributed by atoms with Crippen molar-refractivity contribution < 1.29 is 13.6 Å². The summed E-state index contributed by atoms with van der Waals surface area (Å²) in [7, 11) is 1.73. The highest BCUT2D eigenvalue weighted by Gasteiger charge is 2.29. The maximum absolute atomic E-state index is 13.4. The third-order valence-corrected chi connectivity index (χ3v) is 3.54. The minimum atomic E-state index is -0.711. The Morgan fingerprint density at radius 2 is 2.11 bits per heavy atom. The monoisotopic (exact) mass is 318 g/mol. The minimum absolute atomic E-state index is 0.00198. The van der Waals surface area contributed by atoms with Crippen LogP contribution >= 0.6 is 15.9 Å². The van der Waals surface area contributed by atoms with E-state index in [4.69, 9.17) is 0 Å². The van der Waals surface area contributed by atoms with Gasteiger partial charge in [0, 0.05) is 19.2 Å². The molecule has 0 unspecified atom stereocenters. The van der Waals surface area contributed by atoms with Crippen LogP contribution in [0.1, 0.15) is 12.8 Å². The second-order valence-corrected chi connectivity index (χ2v) is 5.19. The average molecular weight is 319 g/mol. The van der Waals surface area contributed by atoms with Crippen molar-refractivity contribution in [3.05, 3.63) is 28.2 Å². The Hall–Kier alpha value is -1.17. The molecule has 0 aromatic heterocycles. The van der Waals surface area contributed by atoms with Gasteiger partial charge in [0.15, 0.2) is 0 Å². The Balaban J connectivity index is 1.97. The third kappa shape index (κ3) is 2.98. The number of likely N-dealkylation sites (N-methyl/N-ethyl adjacent to an activating group) is 1. The molecule has 1 aliphatic rings. The van der Waals surface area contributed by atoms with Gasteiger partial charge in [-0.25, -0.2) is 8.78 Å². The summed E-state index contributed by atoms with van der Waals surface area (Å²) in [4.78, 5) is 13.4. The molecule has 0 aliphatic heterocycles. The zero-order valence-corrected chi connectivity index (χ0v) is 11.4. The molecule has 6 heteroatoms. The molecule has 1 aromatic carbocycles. The van der Waals surface area contributed by atoms with Gasteiger partial charge in [0.1, 0.15) is 11.6 Å². The first-order chi connectivity index (χ1) is 8.49. The SMILES string of the molecule is CN(C(=O)CNc1cc(Br)c(F)cc1F)C1CC1. The molecule has 1 aliphatic carbocycles. The van der Waals surface area contributed by atoms with Gasteiger partial charge < -0.3 is 10.2 Å². The van der Waals surface area contributed by atoms with E-state index in [1.165, 1.54) is 6.07 Å². The minimum Gasteiger partial charge on any atom is -0.374 e. The predicted octanol–water partition coefficient (Wildman–Crippen LogP) is 2.76. The molecule has 0 saturated heterocycles. The van der Waals surface area contributed by atoms with Crippen LogP contribution in [0.15, 0.2) is 16.6 Å². The van der Waals surface area contributed by atoms with Crippen LogP contribution in [0.5, 0.6) is 0 Å². The van der Waals surface area contributed by atoms with Gasteiger partial charge in [-0.3, -0.25) is 4.79 Å². The molecule has 2 rings (SSSR count). The van der Waals surface area contributed by atoms with Gasteiger partial charge >= 0.3 is 0 Å². The van der Waals surface area contributed by atoms with Crippen LogP contribution in [0, 0.1) is 11.6 Å². The number of amides is 1. The van der Waals surface area contributed by atoms with Crippen LogP contribution < -0.4 is 5.32 Å². The molecule has 1 aromatic rings. The van der Waals surface area contributed by atoms with Gasteiger partial charge in [-0.1, -0.05) is 0 Å². The molecule has 0 heterocycles. The van der Waals surface area contributed by atoms with Gasteiger partial charge in [-0.2, -0.15) is 0 Å². The number of benzene rings is 1. The molecule has 0 radical (unpaired) electrons. The Bertz CT molecular complexity index is 477. The zero-order chi connectivity index (χ0) is 13.3. The summed E-state index contributed by atoms with van der Waals surface area (Å²) < 4.78 is 26.6. The molecular formula is C12H13BrF2N2O. The van der Waals surface area contributed by atoms with Gasteiger partial charge in [-0.05, 0) is 34.8 Å². The smallest absolute Gasteiger partial charge is 0.241 e. The molecule has 18 heavy (non-hydrogen) atoms. The van der Waals surface area contributed by atoms with Gasteiger partial charge in [0.2, 0.25) is 5.91 Å². The number of nitrogens with one attached hydrogen (secondary N) is 1. The Morgan fingerprint density at radius 1 is 1.44 bits per heavy atom. The van der Waals surface area contributed by atoms with Crippen molar-refractivity contribution in [2.24, 2.45) is 0 Å². The quantitative estimate of drug-likeness (QED) is 0.866. The van der Waals surface area contributed by atoms with Crippen molar-refractivity contribution >= 4 is 27.5 Å². The number of anilines is 1. The van der Waals surface area contributed by atoms with Crippen molar-refractivity contribution in [2.75, 3.05) is 18.9 Å². The summed E-state index contributed by atoms with van der Waals surface area (Å²) in [5.41, 5.74) is 0.112. The molecule has 1 amide bonds. The third-order valence-electron chi connectivity index (χ3n) is 2.93. The van der Waals surface area contributed by atoms with Crippen molar-refractivity contribution in [2.45, 2.75) is 18.9 Å². The number of carbonyl (C=O) groups excluding carboxylic acids is 1. The molecule has 3 nitrogen and oxygen atoms in total. The Kier molecular flexibility index (Phi) is 3.85. The van der Waals surface area contributed by atoms with Crippen LogP contribution in [0.3, 0.4) is 0 Å². The Labute approximate surface area is 112 Å². The van der Waals surface area contributed by atoms with E-state index in [2.05, 4.69) is 21.2 Å². The van der Waals surface area contributed by atoms with E-state index in [0.29, 0.717) is 6.04 Å². The first-order valence-electron chi connectivity index (χ1n) is 5.63. The highest BCUT2D eigenvalue weighted by atomic mass is 79.9. The fraction of sp³-hybridized carbons (Fsp3) is 0.417. The number of hydrogen-bond donors (Lipinski definition) is 1. The highest BCUT2D eigenvalue weighted by molar-refractivity contribution is 9.10. The number of nitrogens with zero attached hydrogens (tertiary/aromatic N) is 1. The predicted molar refractivity (Wildman–Crippen MR) is 68.3 cm³/mol. The summed E-state index contributed by atoms with van der Waals surface area (Å²) in [6, 6.07) is 2.39. The summed E-state index contributed by atoms with van der Waals surface area (Å²) in [6.07, 6.45) is 2.05. The number of hydrogen-bond acceptors (Lipinski definition) is 2. The van der Waals surface area contributed by atoms with Crippen LogP contribution in [-0.2, 0) is 4.79 Å². The molecule has 0 bridgehead atoms. The van der Waals surface area contributed by atoms with Crippen molar-refractivity contribution in [1.29, 1.82) is 0 Å². The number of carbonyl (C=O) groups is 1. The van der Waals surface area contributed by atoms with E-state index >= 15 is 0 Å². The van der Waals surface area contributed by atoms with E-state index in [1.54, 1.807) is 11.9 Å². The average Bonchev–Trinajstić information content (AvgIpc) is 3.14. The fourth-order valence-corrected chi connectivity index (χ4v) is 1.96. The highest BCUT2D eigenvalue weighted by Crippen LogP contribution is 2.26. The lowest BCUT2D eigenvalue weighted by atomic mass is 10.3. The summed E-state index contributed by atoms with van der Waals surface area (Å²) in [6.45, 7) is 0.00198. The second kappa shape index (κ2) is 5.22. The molecule has 1 fully saturated rings. The van der Waals surface area contributed by atoms with Crippen LogP contribution in [0.4, 0.5) is 14.5 Å². The normalized spacial score (nSPS) is 14.4. The van der Waals surface area contributed by atoms with Gasteiger partial charge in [0.05, 0.1) is 16.7 Å². The van der Waals surface area contributed by atoms with E-state index in [9.17, 15) is 13.6 Å². The first kappa shape index (κ1) is 13.3. The standard InChI is InChI=1S/C12H13BrF2N2O/c1-17(7-2-3-7)12(18)6-16-11-4-8(13)9(14)5-10(11)15/h4-5,7,16H,2-3,6H2,1H3. The largest absolute Gasteiger partial charge is 0.374 e. The van der Waals surface area contributed by atoms with Crippen molar-refractivity contribution in [3.8, 4) is 0 Å². The lowest BCUT2D eigenvalue weighted by molar-refractivity contribution is -0.128. The van der Waals surface area contributed by atoms with Gasteiger partial charge in [0.25, 0.3) is 0 Å². The molecule has 98 valence electrons. The van der Waals surface area contributed by atoms with E-state index in [-0.39, 0.29) is 22.6 Å². The molecular weight excluding hydrogens is 306 g/mol. The lowest BCUT2D eigenvalue weighted by Gasteiger charge is -2.17. The summed E-state index contributed by atoms with van der Waals surface area (Å²) in [5, 5.41) is 2.68.